The molecule has 1 aliphatic heterocycles. The first-order valence-electron chi connectivity index (χ1n) is 7.78. The highest BCUT2D eigenvalue weighted by Gasteiger charge is 2.27. The van der Waals surface area contributed by atoms with Crippen molar-refractivity contribution in [3.63, 3.8) is 0 Å². The summed E-state index contributed by atoms with van der Waals surface area (Å²) < 4.78 is 5.83. The molecule has 0 unspecified atom stereocenters. The molecule has 2 aromatic rings. The lowest BCUT2D eigenvalue weighted by Crippen LogP contribution is -2.43. The van der Waals surface area contributed by atoms with E-state index in [9.17, 15) is 4.79 Å². The number of para-hydroxylation sites is 1. The maximum Gasteiger partial charge on any atom is 0.267 e. The van der Waals surface area contributed by atoms with Crippen LogP contribution in [0.3, 0.4) is 0 Å². The molecule has 2 aromatic carbocycles. The Balaban J connectivity index is 1.77. The average Bonchev–Trinajstić information content (AvgIpc) is 2.53. The molecule has 0 bridgehead atoms. The predicted molar refractivity (Wildman–Crippen MR) is 88.4 cm³/mol. The summed E-state index contributed by atoms with van der Waals surface area (Å²) in [6.45, 7) is 4.60. The molecular formula is C19H21NO2. The summed E-state index contributed by atoms with van der Waals surface area (Å²) in [4.78, 5) is 14.6. The first-order chi connectivity index (χ1) is 10.6. The Morgan fingerprint density at radius 3 is 2.82 bits per heavy atom. The number of carbonyl (C=O) groups is 1. The number of amides is 1. The van der Waals surface area contributed by atoms with Crippen molar-refractivity contribution in [2.45, 2.75) is 32.8 Å². The molecule has 0 aromatic heterocycles. The fourth-order valence-electron chi connectivity index (χ4n) is 2.93. The van der Waals surface area contributed by atoms with Gasteiger partial charge in [-0.05, 0) is 56.0 Å². The van der Waals surface area contributed by atoms with Gasteiger partial charge in [0.1, 0.15) is 5.75 Å². The van der Waals surface area contributed by atoms with Gasteiger partial charge in [0.15, 0.2) is 6.10 Å². The Morgan fingerprint density at radius 1 is 1.18 bits per heavy atom. The second-order valence-corrected chi connectivity index (χ2v) is 5.80. The van der Waals surface area contributed by atoms with Crippen LogP contribution in [0.1, 0.15) is 24.5 Å². The lowest BCUT2D eigenvalue weighted by Gasteiger charge is -2.31. The van der Waals surface area contributed by atoms with Crippen LogP contribution in [0, 0.1) is 6.92 Å². The topological polar surface area (TPSA) is 29.5 Å². The normalized spacial score (nSPS) is 15.1. The van der Waals surface area contributed by atoms with E-state index < -0.39 is 6.10 Å². The summed E-state index contributed by atoms with van der Waals surface area (Å²) in [6.07, 6.45) is 1.54. The van der Waals surface area contributed by atoms with Crippen LogP contribution in [0.4, 0.5) is 5.69 Å². The molecule has 3 rings (SSSR count). The molecule has 1 atom stereocenters. The highest BCUT2D eigenvalue weighted by Crippen LogP contribution is 2.27. The van der Waals surface area contributed by atoms with Gasteiger partial charge >= 0.3 is 0 Å². The summed E-state index contributed by atoms with van der Waals surface area (Å²) in [5.74, 6) is 0.764. The number of ether oxygens (including phenoxy) is 1. The van der Waals surface area contributed by atoms with Crippen molar-refractivity contribution < 1.29 is 9.53 Å². The molecule has 1 amide bonds. The zero-order valence-corrected chi connectivity index (χ0v) is 13.1. The van der Waals surface area contributed by atoms with Gasteiger partial charge in [-0.25, -0.2) is 0 Å². The number of fused-ring (bicyclic) bond motifs is 1. The maximum absolute atomic E-state index is 12.8. The monoisotopic (exact) mass is 295 g/mol. The number of anilines is 1. The molecule has 0 spiro atoms. The Labute approximate surface area is 131 Å². The quantitative estimate of drug-likeness (QED) is 0.863. The number of nitrogens with zero attached hydrogens (tertiary/aromatic N) is 1. The summed E-state index contributed by atoms with van der Waals surface area (Å²) in [5.41, 5.74) is 3.39. The fourth-order valence-corrected chi connectivity index (χ4v) is 2.93. The largest absolute Gasteiger partial charge is 0.481 e. The van der Waals surface area contributed by atoms with E-state index in [4.69, 9.17) is 4.74 Å². The van der Waals surface area contributed by atoms with E-state index in [0.29, 0.717) is 0 Å². The molecule has 3 nitrogen and oxygen atoms in total. The van der Waals surface area contributed by atoms with Crippen molar-refractivity contribution >= 4 is 11.6 Å². The van der Waals surface area contributed by atoms with Crippen LogP contribution in [0.25, 0.3) is 0 Å². The van der Waals surface area contributed by atoms with Crippen molar-refractivity contribution in [2.75, 3.05) is 11.4 Å². The minimum atomic E-state index is -0.493. The molecule has 0 fully saturated rings. The van der Waals surface area contributed by atoms with Crippen LogP contribution in [0.2, 0.25) is 0 Å². The summed E-state index contributed by atoms with van der Waals surface area (Å²) in [7, 11) is 0. The SMILES string of the molecule is Cc1cccc(O[C@H](C)C(=O)N2CCCc3ccccc32)c1. The smallest absolute Gasteiger partial charge is 0.267 e. The minimum absolute atomic E-state index is 0.0219. The van der Waals surface area contributed by atoms with Crippen LogP contribution in [-0.4, -0.2) is 18.6 Å². The molecule has 0 aliphatic carbocycles. The number of aryl methyl sites for hydroxylation is 2. The maximum atomic E-state index is 12.8. The average molecular weight is 295 g/mol. The summed E-state index contributed by atoms with van der Waals surface area (Å²) in [6, 6.07) is 15.9. The highest BCUT2D eigenvalue weighted by atomic mass is 16.5. The lowest BCUT2D eigenvalue weighted by molar-refractivity contribution is -0.124. The Bertz CT molecular complexity index is 681. The van der Waals surface area contributed by atoms with E-state index in [1.807, 2.05) is 61.2 Å². The molecule has 1 aliphatic rings. The molecular weight excluding hydrogens is 274 g/mol. The molecule has 0 radical (unpaired) electrons. The van der Waals surface area contributed by atoms with Crippen molar-refractivity contribution in [3.8, 4) is 5.75 Å². The molecule has 0 saturated carbocycles. The molecule has 0 saturated heterocycles. The van der Waals surface area contributed by atoms with E-state index >= 15 is 0 Å². The molecule has 1 heterocycles. The Hall–Kier alpha value is -2.29. The van der Waals surface area contributed by atoms with Gasteiger partial charge in [-0.15, -0.1) is 0 Å². The van der Waals surface area contributed by atoms with E-state index in [0.717, 1.165) is 36.4 Å². The Morgan fingerprint density at radius 2 is 2.00 bits per heavy atom. The van der Waals surface area contributed by atoms with Crippen LogP contribution < -0.4 is 9.64 Å². The number of carbonyl (C=O) groups excluding carboxylic acids is 1. The molecule has 0 N–H and O–H groups in total. The van der Waals surface area contributed by atoms with Gasteiger partial charge in [0, 0.05) is 12.2 Å². The third kappa shape index (κ3) is 2.98. The van der Waals surface area contributed by atoms with Crippen LogP contribution in [0.15, 0.2) is 48.5 Å². The number of benzene rings is 2. The first kappa shape index (κ1) is 14.6. The van der Waals surface area contributed by atoms with Gasteiger partial charge < -0.3 is 9.64 Å². The van der Waals surface area contributed by atoms with Crippen LogP contribution in [0.5, 0.6) is 5.75 Å². The third-order valence-electron chi connectivity index (χ3n) is 4.03. The Kier molecular flexibility index (Phi) is 4.14. The number of rotatable bonds is 3. The lowest BCUT2D eigenvalue weighted by atomic mass is 10.0. The van der Waals surface area contributed by atoms with Crippen molar-refractivity contribution in [2.24, 2.45) is 0 Å². The second-order valence-electron chi connectivity index (χ2n) is 5.80. The van der Waals surface area contributed by atoms with Crippen molar-refractivity contribution in [3.05, 3.63) is 59.7 Å². The van der Waals surface area contributed by atoms with E-state index in [-0.39, 0.29) is 5.91 Å². The third-order valence-corrected chi connectivity index (χ3v) is 4.03. The zero-order valence-electron chi connectivity index (χ0n) is 13.1. The standard InChI is InChI=1S/C19H21NO2/c1-14-7-5-10-17(13-14)22-15(2)19(21)20-12-6-9-16-8-3-4-11-18(16)20/h3-5,7-8,10-11,13,15H,6,9,12H2,1-2H3/t15-/m1/s1. The number of hydrogen-bond acceptors (Lipinski definition) is 2. The summed E-state index contributed by atoms with van der Waals surface area (Å²) in [5, 5.41) is 0. The van der Waals surface area contributed by atoms with Gasteiger partial charge in [-0.2, -0.15) is 0 Å². The van der Waals surface area contributed by atoms with Gasteiger partial charge in [0.05, 0.1) is 0 Å². The fraction of sp³-hybridized carbons (Fsp3) is 0.316. The van der Waals surface area contributed by atoms with Gasteiger partial charge in [0.2, 0.25) is 0 Å². The molecule has 114 valence electrons. The van der Waals surface area contributed by atoms with Gasteiger partial charge in [-0.3, -0.25) is 4.79 Å². The predicted octanol–water partition coefficient (Wildman–Crippen LogP) is 3.74. The van der Waals surface area contributed by atoms with Gasteiger partial charge in [-0.1, -0.05) is 30.3 Å². The van der Waals surface area contributed by atoms with Gasteiger partial charge in [0.25, 0.3) is 5.91 Å². The van der Waals surface area contributed by atoms with Crippen molar-refractivity contribution in [1.29, 1.82) is 0 Å². The number of hydrogen-bond donors (Lipinski definition) is 0. The van der Waals surface area contributed by atoms with Crippen LogP contribution >= 0.6 is 0 Å². The second kappa shape index (κ2) is 6.22. The van der Waals surface area contributed by atoms with E-state index in [1.165, 1.54) is 5.56 Å². The zero-order chi connectivity index (χ0) is 15.5. The van der Waals surface area contributed by atoms with Crippen LogP contribution in [-0.2, 0) is 11.2 Å². The minimum Gasteiger partial charge on any atom is -0.481 e. The van der Waals surface area contributed by atoms with Crippen molar-refractivity contribution in [1.82, 2.24) is 0 Å². The molecule has 22 heavy (non-hydrogen) atoms. The van der Waals surface area contributed by atoms with E-state index in [1.54, 1.807) is 0 Å². The molecule has 3 heteroatoms. The first-order valence-corrected chi connectivity index (χ1v) is 7.78. The highest BCUT2D eigenvalue weighted by molar-refractivity contribution is 5.97. The summed E-state index contributed by atoms with van der Waals surface area (Å²) >= 11 is 0. The van der Waals surface area contributed by atoms with E-state index in [2.05, 4.69) is 6.07 Å².